The van der Waals surface area contributed by atoms with E-state index in [9.17, 15) is 14.0 Å². The van der Waals surface area contributed by atoms with Crippen LogP contribution in [0.25, 0.3) is 0 Å². The van der Waals surface area contributed by atoms with Crippen LogP contribution in [0.4, 0.5) is 10.1 Å². The van der Waals surface area contributed by atoms with Crippen molar-refractivity contribution in [3.8, 4) is 0 Å². The minimum absolute atomic E-state index is 0.0284. The first-order valence-corrected chi connectivity index (χ1v) is 10.1. The number of para-hydroxylation sites is 1. The van der Waals surface area contributed by atoms with E-state index in [1.807, 2.05) is 12.1 Å². The summed E-state index contributed by atoms with van der Waals surface area (Å²) >= 11 is 4.58. The molecule has 1 N–H and O–H groups in total. The first-order chi connectivity index (χ1) is 13.4. The molecule has 0 unspecified atom stereocenters. The Morgan fingerprint density at radius 3 is 2.57 bits per heavy atom. The van der Waals surface area contributed by atoms with Crippen LogP contribution < -0.4 is 5.32 Å². The van der Waals surface area contributed by atoms with Gasteiger partial charge >= 0.3 is 0 Å². The number of hydrogen-bond donors (Lipinski definition) is 1. The summed E-state index contributed by atoms with van der Waals surface area (Å²) in [7, 11) is 1.72. The van der Waals surface area contributed by atoms with Crippen molar-refractivity contribution in [3.05, 3.63) is 70.2 Å². The molecule has 2 aromatic carbocycles. The van der Waals surface area contributed by atoms with Crippen molar-refractivity contribution in [2.45, 2.75) is 11.6 Å². The Labute approximate surface area is 173 Å². The van der Waals surface area contributed by atoms with Crippen LogP contribution >= 0.6 is 27.7 Å². The molecule has 0 saturated heterocycles. The average Bonchev–Trinajstić information content (AvgIpc) is 3.02. The van der Waals surface area contributed by atoms with Gasteiger partial charge in [-0.2, -0.15) is 0 Å². The minimum Gasteiger partial charge on any atom is -0.323 e. The van der Waals surface area contributed by atoms with E-state index < -0.39 is 11.7 Å². The molecule has 0 atom stereocenters. The predicted molar refractivity (Wildman–Crippen MR) is 109 cm³/mol. The lowest BCUT2D eigenvalue weighted by Crippen LogP contribution is -2.17. The maximum absolute atomic E-state index is 13.6. The molecule has 0 bridgehead atoms. The average molecular weight is 463 g/mol. The van der Waals surface area contributed by atoms with Crippen molar-refractivity contribution < 1.29 is 14.0 Å². The molecule has 0 radical (unpaired) electrons. The van der Waals surface area contributed by atoms with Crippen molar-refractivity contribution in [2.75, 3.05) is 11.1 Å². The Hall–Kier alpha value is -2.52. The van der Waals surface area contributed by atoms with Gasteiger partial charge in [-0.15, -0.1) is 10.2 Å². The smallest absolute Gasteiger partial charge is 0.232 e. The van der Waals surface area contributed by atoms with Gasteiger partial charge in [0.15, 0.2) is 10.9 Å². The van der Waals surface area contributed by atoms with E-state index in [4.69, 9.17) is 0 Å². The topological polar surface area (TPSA) is 76.9 Å². The fourth-order valence-electron chi connectivity index (χ4n) is 2.37. The van der Waals surface area contributed by atoms with Crippen molar-refractivity contribution >= 4 is 45.1 Å². The maximum Gasteiger partial charge on any atom is 0.232 e. The third-order valence-electron chi connectivity index (χ3n) is 3.89. The summed E-state index contributed by atoms with van der Waals surface area (Å²) in [5, 5.41) is 11.1. The predicted octanol–water partition coefficient (Wildman–Crippen LogP) is 3.87. The molecule has 0 fully saturated rings. The number of aromatic nitrogens is 3. The van der Waals surface area contributed by atoms with E-state index in [2.05, 4.69) is 31.4 Å². The van der Waals surface area contributed by atoms with Crippen molar-refractivity contribution in [2.24, 2.45) is 7.05 Å². The Morgan fingerprint density at radius 2 is 1.86 bits per heavy atom. The molecule has 1 aromatic heterocycles. The largest absolute Gasteiger partial charge is 0.323 e. The van der Waals surface area contributed by atoms with Crippen LogP contribution in [0.5, 0.6) is 0 Å². The monoisotopic (exact) mass is 462 g/mol. The van der Waals surface area contributed by atoms with Crippen LogP contribution in [0.1, 0.15) is 16.2 Å². The maximum atomic E-state index is 13.6. The van der Waals surface area contributed by atoms with Crippen molar-refractivity contribution in [1.29, 1.82) is 0 Å². The van der Waals surface area contributed by atoms with Gasteiger partial charge in [-0.05, 0) is 24.3 Å². The van der Waals surface area contributed by atoms with Crippen molar-refractivity contribution in [3.63, 3.8) is 0 Å². The highest BCUT2D eigenvalue weighted by atomic mass is 79.9. The number of halogens is 2. The fourth-order valence-corrected chi connectivity index (χ4v) is 3.46. The van der Waals surface area contributed by atoms with Gasteiger partial charge in [0, 0.05) is 17.1 Å². The second-order valence-electron chi connectivity index (χ2n) is 5.88. The highest BCUT2D eigenvalue weighted by Crippen LogP contribution is 2.19. The van der Waals surface area contributed by atoms with Gasteiger partial charge in [-0.3, -0.25) is 9.59 Å². The summed E-state index contributed by atoms with van der Waals surface area (Å²) in [6, 6.07) is 13.1. The number of rotatable bonds is 7. The first kappa shape index (κ1) is 20.2. The molecule has 28 heavy (non-hydrogen) atoms. The standard InChI is InChI=1S/C19H16BrFN4O2S/c1-25-17(10-18(27)22-15-5-3-2-4-14(15)21)23-24-19(25)28-11-16(26)12-6-8-13(20)9-7-12/h2-9H,10-11H2,1H3,(H,22,27). The summed E-state index contributed by atoms with van der Waals surface area (Å²) in [5.41, 5.74) is 0.728. The van der Waals surface area contributed by atoms with E-state index in [1.54, 1.807) is 35.9 Å². The van der Waals surface area contributed by atoms with E-state index in [-0.39, 0.29) is 23.6 Å². The van der Waals surface area contributed by atoms with Gasteiger partial charge in [-0.25, -0.2) is 4.39 Å². The van der Waals surface area contributed by atoms with Crippen LogP contribution in [-0.4, -0.2) is 32.2 Å². The van der Waals surface area contributed by atoms with E-state index in [0.717, 1.165) is 4.47 Å². The molecule has 1 amide bonds. The zero-order chi connectivity index (χ0) is 20.1. The number of carbonyl (C=O) groups excluding carboxylic acids is 2. The van der Waals surface area contributed by atoms with E-state index >= 15 is 0 Å². The number of amides is 1. The molecule has 0 aliphatic heterocycles. The summed E-state index contributed by atoms with van der Waals surface area (Å²) in [6.07, 6.45) is -0.0565. The number of benzene rings is 2. The Morgan fingerprint density at radius 1 is 1.14 bits per heavy atom. The van der Waals surface area contributed by atoms with Gasteiger partial charge in [-0.1, -0.05) is 52.0 Å². The molecule has 144 valence electrons. The van der Waals surface area contributed by atoms with Gasteiger partial charge in [0.1, 0.15) is 11.6 Å². The van der Waals surface area contributed by atoms with Gasteiger partial charge in [0.25, 0.3) is 0 Å². The zero-order valence-electron chi connectivity index (χ0n) is 14.9. The van der Waals surface area contributed by atoms with Crippen molar-refractivity contribution in [1.82, 2.24) is 14.8 Å². The number of Topliss-reactive ketones (excluding diaryl/α,β-unsaturated/α-hetero) is 1. The number of carbonyl (C=O) groups is 2. The summed E-state index contributed by atoms with van der Waals surface area (Å²) in [6.45, 7) is 0. The fraction of sp³-hybridized carbons (Fsp3) is 0.158. The lowest BCUT2D eigenvalue weighted by molar-refractivity contribution is -0.115. The molecule has 0 aliphatic rings. The Balaban J connectivity index is 1.59. The molecule has 6 nitrogen and oxygen atoms in total. The summed E-state index contributed by atoms with van der Waals surface area (Å²) in [5.74, 6) is -0.305. The lowest BCUT2D eigenvalue weighted by Gasteiger charge is -2.06. The number of hydrogen-bond acceptors (Lipinski definition) is 5. The van der Waals surface area contributed by atoms with Gasteiger partial charge in [0.05, 0.1) is 17.9 Å². The third-order valence-corrected chi connectivity index (χ3v) is 5.44. The van der Waals surface area contributed by atoms with Crippen LogP contribution in [0, 0.1) is 5.82 Å². The van der Waals surface area contributed by atoms with E-state index in [1.165, 1.54) is 23.9 Å². The second-order valence-corrected chi connectivity index (χ2v) is 7.74. The lowest BCUT2D eigenvalue weighted by atomic mass is 10.2. The number of ketones is 1. The SMILES string of the molecule is Cn1c(CC(=O)Nc2ccccc2F)nnc1SCC(=O)c1ccc(Br)cc1. The highest BCUT2D eigenvalue weighted by molar-refractivity contribution is 9.10. The number of thioether (sulfide) groups is 1. The highest BCUT2D eigenvalue weighted by Gasteiger charge is 2.16. The van der Waals surface area contributed by atoms with E-state index in [0.29, 0.717) is 16.5 Å². The summed E-state index contributed by atoms with van der Waals surface area (Å²) in [4.78, 5) is 24.4. The molecule has 0 aliphatic carbocycles. The quantitative estimate of drug-likeness (QED) is 0.425. The number of nitrogens with one attached hydrogen (secondary N) is 1. The Kier molecular flexibility index (Phi) is 6.58. The molecule has 3 aromatic rings. The van der Waals surface area contributed by atoms with Crippen LogP contribution in [0.15, 0.2) is 58.2 Å². The summed E-state index contributed by atoms with van der Waals surface area (Å²) < 4.78 is 16.2. The molecule has 9 heteroatoms. The second kappa shape index (κ2) is 9.11. The number of nitrogens with zero attached hydrogens (tertiary/aromatic N) is 3. The van der Waals surface area contributed by atoms with Crippen LogP contribution in [-0.2, 0) is 18.3 Å². The molecular weight excluding hydrogens is 447 g/mol. The first-order valence-electron chi connectivity index (χ1n) is 8.28. The third kappa shape index (κ3) is 5.05. The molecule has 0 saturated carbocycles. The minimum atomic E-state index is -0.503. The van der Waals surface area contributed by atoms with Crippen LogP contribution in [0.2, 0.25) is 0 Å². The molecule has 3 rings (SSSR count). The number of anilines is 1. The molecular formula is C19H16BrFN4O2S. The Bertz CT molecular complexity index is 1010. The molecule has 0 spiro atoms. The molecule has 1 heterocycles. The normalized spacial score (nSPS) is 10.7. The van der Waals surface area contributed by atoms with Gasteiger partial charge < -0.3 is 9.88 Å². The van der Waals surface area contributed by atoms with Crippen LogP contribution in [0.3, 0.4) is 0 Å². The zero-order valence-corrected chi connectivity index (χ0v) is 17.3. The van der Waals surface area contributed by atoms with Gasteiger partial charge in [0.2, 0.25) is 5.91 Å².